The summed E-state index contributed by atoms with van der Waals surface area (Å²) in [5, 5.41) is 21.4. The van der Waals surface area contributed by atoms with Gasteiger partial charge >= 0.3 is 0 Å². The van der Waals surface area contributed by atoms with Gasteiger partial charge in [-0.2, -0.15) is 0 Å². The Morgan fingerprint density at radius 1 is 1.32 bits per heavy atom. The van der Waals surface area contributed by atoms with Gasteiger partial charge in [0.15, 0.2) is 23.1 Å². The number of hydrogen-bond donors (Lipinski definition) is 2. The minimum absolute atomic E-state index is 0.0839. The van der Waals surface area contributed by atoms with Crippen LogP contribution in [0.4, 0.5) is 18.9 Å². The number of carbonyl (C=O) groups excluding carboxylic acids is 1. The van der Waals surface area contributed by atoms with Crippen molar-refractivity contribution in [3.05, 3.63) is 63.9 Å². The van der Waals surface area contributed by atoms with Gasteiger partial charge in [-0.3, -0.25) is 4.79 Å². The Morgan fingerprint density at radius 3 is 2.68 bits per heavy atom. The number of nitrogens with zero attached hydrogens (tertiary/aromatic N) is 3. The van der Waals surface area contributed by atoms with Crippen molar-refractivity contribution < 1.29 is 23.1 Å². The van der Waals surface area contributed by atoms with Crippen LogP contribution in [0.25, 0.3) is 0 Å². The molecule has 0 unspecified atom stereocenters. The molecule has 1 atom stereocenters. The highest BCUT2D eigenvalue weighted by atomic mass is 32.1. The molecule has 6 nitrogen and oxygen atoms in total. The summed E-state index contributed by atoms with van der Waals surface area (Å²) in [6.07, 6.45) is 0.473. The standard InChI is InChI=1S/C15H11F3N4O2S/c16-9-4-8(5-10(17)14(9)18)19-15(24)11-6-22(21-20-11)7-12(23)13-2-1-3-25-13/h1-6,12,23H,7H2,(H,19,24)/t12-/m1/s1. The van der Waals surface area contributed by atoms with E-state index >= 15 is 0 Å². The van der Waals surface area contributed by atoms with E-state index in [-0.39, 0.29) is 17.9 Å². The molecule has 1 aromatic carbocycles. The molecule has 0 aliphatic rings. The molecule has 25 heavy (non-hydrogen) atoms. The highest BCUT2D eigenvalue weighted by Crippen LogP contribution is 2.20. The third-order valence-electron chi connectivity index (χ3n) is 3.24. The van der Waals surface area contributed by atoms with E-state index in [2.05, 4.69) is 15.6 Å². The molecule has 3 aromatic rings. The summed E-state index contributed by atoms with van der Waals surface area (Å²) >= 11 is 1.38. The zero-order chi connectivity index (χ0) is 18.0. The molecule has 130 valence electrons. The third kappa shape index (κ3) is 3.86. The molecule has 0 radical (unpaired) electrons. The predicted octanol–water partition coefficient (Wildman–Crippen LogP) is 2.74. The average Bonchev–Trinajstić information content (AvgIpc) is 3.24. The minimum Gasteiger partial charge on any atom is -0.386 e. The van der Waals surface area contributed by atoms with E-state index in [1.165, 1.54) is 22.2 Å². The number of amides is 1. The Morgan fingerprint density at radius 2 is 2.04 bits per heavy atom. The number of hydrogen-bond acceptors (Lipinski definition) is 5. The highest BCUT2D eigenvalue weighted by Gasteiger charge is 2.16. The Bertz CT molecular complexity index is 875. The van der Waals surface area contributed by atoms with E-state index in [1.54, 1.807) is 12.1 Å². The minimum atomic E-state index is -1.62. The van der Waals surface area contributed by atoms with Gasteiger partial charge in [0.1, 0.15) is 6.10 Å². The quantitative estimate of drug-likeness (QED) is 0.679. The number of nitrogens with one attached hydrogen (secondary N) is 1. The maximum Gasteiger partial charge on any atom is 0.277 e. The largest absolute Gasteiger partial charge is 0.386 e. The maximum absolute atomic E-state index is 13.1. The van der Waals surface area contributed by atoms with E-state index in [0.717, 1.165) is 4.88 Å². The topological polar surface area (TPSA) is 80.0 Å². The SMILES string of the molecule is O=C(Nc1cc(F)c(F)c(F)c1)c1cn(C[C@@H](O)c2cccs2)nn1. The number of carbonyl (C=O) groups is 1. The van der Waals surface area contributed by atoms with Crippen molar-refractivity contribution in [3.8, 4) is 0 Å². The Kier molecular flexibility index (Phi) is 4.81. The molecular formula is C15H11F3N4O2S. The van der Waals surface area contributed by atoms with Gasteiger partial charge < -0.3 is 10.4 Å². The van der Waals surface area contributed by atoms with E-state index in [0.29, 0.717) is 12.1 Å². The van der Waals surface area contributed by atoms with Crippen molar-refractivity contribution in [1.29, 1.82) is 0 Å². The number of rotatable bonds is 5. The molecule has 10 heteroatoms. The van der Waals surface area contributed by atoms with Crippen molar-refractivity contribution in [1.82, 2.24) is 15.0 Å². The summed E-state index contributed by atoms with van der Waals surface area (Å²) in [4.78, 5) is 12.8. The van der Waals surface area contributed by atoms with E-state index < -0.39 is 29.5 Å². The number of thiophene rings is 1. The normalized spacial score (nSPS) is 12.2. The summed E-state index contributed by atoms with van der Waals surface area (Å²) in [6, 6.07) is 4.87. The van der Waals surface area contributed by atoms with Crippen LogP contribution in [-0.4, -0.2) is 26.0 Å². The lowest BCUT2D eigenvalue weighted by molar-refractivity contribution is 0.102. The van der Waals surface area contributed by atoms with Crippen LogP contribution in [0, 0.1) is 17.5 Å². The van der Waals surface area contributed by atoms with Gasteiger partial charge in [-0.25, -0.2) is 17.9 Å². The Balaban J connectivity index is 1.68. The molecule has 3 rings (SSSR count). The molecule has 0 saturated carbocycles. The van der Waals surface area contributed by atoms with Crippen LogP contribution in [0.1, 0.15) is 21.5 Å². The van der Waals surface area contributed by atoms with Crippen LogP contribution >= 0.6 is 11.3 Å². The van der Waals surface area contributed by atoms with Crippen LogP contribution in [0.2, 0.25) is 0 Å². The molecule has 0 spiro atoms. The summed E-state index contributed by atoms with van der Waals surface area (Å²) in [7, 11) is 0. The molecule has 0 aliphatic heterocycles. The monoisotopic (exact) mass is 368 g/mol. The van der Waals surface area contributed by atoms with E-state index in [9.17, 15) is 23.1 Å². The summed E-state index contributed by atoms with van der Waals surface area (Å²) in [5.41, 5.74) is -0.377. The van der Waals surface area contributed by atoms with E-state index in [4.69, 9.17) is 0 Å². The second-order valence-electron chi connectivity index (χ2n) is 5.07. The van der Waals surface area contributed by atoms with Gasteiger partial charge in [-0.05, 0) is 11.4 Å². The summed E-state index contributed by atoms with van der Waals surface area (Å²) < 4.78 is 40.5. The van der Waals surface area contributed by atoms with Crippen LogP contribution < -0.4 is 5.32 Å². The van der Waals surface area contributed by atoms with Gasteiger partial charge in [0.2, 0.25) is 0 Å². The fourth-order valence-corrected chi connectivity index (χ4v) is 2.77. The molecular weight excluding hydrogens is 357 g/mol. The molecule has 0 saturated heterocycles. The lowest BCUT2D eigenvalue weighted by Crippen LogP contribution is -2.13. The lowest BCUT2D eigenvalue weighted by Gasteiger charge is -2.07. The molecule has 2 aromatic heterocycles. The molecule has 0 bridgehead atoms. The number of aromatic nitrogens is 3. The molecule has 2 heterocycles. The van der Waals surface area contributed by atoms with Crippen LogP contribution in [0.3, 0.4) is 0 Å². The zero-order valence-electron chi connectivity index (χ0n) is 12.5. The number of anilines is 1. The lowest BCUT2D eigenvalue weighted by atomic mass is 10.2. The number of aliphatic hydroxyl groups is 1. The fourth-order valence-electron chi connectivity index (χ4n) is 2.06. The van der Waals surface area contributed by atoms with Crippen molar-refractivity contribution in [2.24, 2.45) is 0 Å². The number of aliphatic hydroxyl groups excluding tert-OH is 1. The summed E-state index contributed by atoms with van der Waals surface area (Å²) in [5.74, 6) is -5.23. The highest BCUT2D eigenvalue weighted by molar-refractivity contribution is 7.10. The van der Waals surface area contributed by atoms with Crippen LogP contribution in [-0.2, 0) is 6.54 Å². The van der Waals surface area contributed by atoms with Crippen molar-refractivity contribution in [3.63, 3.8) is 0 Å². The molecule has 0 fully saturated rings. The third-order valence-corrected chi connectivity index (χ3v) is 4.22. The first-order valence-corrected chi connectivity index (χ1v) is 7.89. The molecule has 1 amide bonds. The van der Waals surface area contributed by atoms with Gasteiger partial charge in [0.25, 0.3) is 5.91 Å². The van der Waals surface area contributed by atoms with Gasteiger partial charge in [0.05, 0.1) is 12.7 Å². The first kappa shape index (κ1) is 17.1. The number of benzene rings is 1. The number of halogens is 3. The van der Waals surface area contributed by atoms with Crippen LogP contribution in [0.5, 0.6) is 0 Å². The second kappa shape index (κ2) is 7.03. The molecule has 2 N–H and O–H groups in total. The first-order chi connectivity index (χ1) is 11.9. The van der Waals surface area contributed by atoms with Gasteiger partial charge in [0, 0.05) is 22.7 Å². The molecule has 0 aliphatic carbocycles. The smallest absolute Gasteiger partial charge is 0.277 e. The van der Waals surface area contributed by atoms with Crippen molar-refractivity contribution >= 4 is 22.9 Å². The Hall–Kier alpha value is -2.72. The van der Waals surface area contributed by atoms with Crippen molar-refractivity contribution in [2.75, 3.05) is 5.32 Å². The predicted molar refractivity (Wildman–Crippen MR) is 83.6 cm³/mol. The van der Waals surface area contributed by atoms with Crippen molar-refractivity contribution in [2.45, 2.75) is 12.6 Å². The fraction of sp³-hybridized carbons (Fsp3) is 0.133. The zero-order valence-corrected chi connectivity index (χ0v) is 13.3. The second-order valence-corrected chi connectivity index (χ2v) is 6.04. The van der Waals surface area contributed by atoms with Gasteiger partial charge in [-0.1, -0.05) is 11.3 Å². The first-order valence-electron chi connectivity index (χ1n) is 7.01. The van der Waals surface area contributed by atoms with E-state index in [1.807, 2.05) is 5.38 Å². The van der Waals surface area contributed by atoms with Gasteiger partial charge in [-0.15, -0.1) is 16.4 Å². The Labute approximate surface area is 143 Å². The summed E-state index contributed by atoms with van der Waals surface area (Å²) in [6.45, 7) is 0.0839. The average molecular weight is 368 g/mol. The maximum atomic E-state index is 13.1. The van der Waals surface area contributed by atoms with Crippen LogP contribution in [0.15, 0.2) is 35.8 Å².